The monoisotopic (exact) mass is 337 g/mol. The lowest BCUT2D eigenvalue weighted by molar-refractivity contribution is -0.137. The smallest absolute Gasteiger partial charge is 0.303 e. The van der Waals surface area contributed by atoms with Gasteiger partial charge in [-0.1, -0.05) is 38.7 Å². The first-order chi connectivity index (χ1) is 11.5. The molecule has 1 amide bonds. The van der Waals surface area contributed by atoms with E-state index in [9.17, 15) is 14.4 Å². The van der Waals surface area contributed by atoms with Gasteiger partial charge < -0.3 is 10.0 Å². The number of rotatable bonds is 13. The minimum absolute atomic E-state index is 0.0478. The second-order valence-corrected chi connectivity index (χ2v) is 6.53. The first-order valence-corrected chi connectivity index (χ1v) is 9.27. The number of ketones is 1. The zero-order valence-corrected chi connectivity index (χ0v) is 14.8. The zero-order valence-electron chi connectivity index (χ0n) is 14.8. The minimum Gasteiger partial charge on any atom is -0.481 e. The fraction of sp³-hybridized carbons (Fsp3) is 0.737. The van der Waals surface area contributed by atoms with Crippen LogP contribution in [0.5, 0.6) is 0 Å². The van der Waals surface area contributed by atoms with Crippen LogP contribution in [0.25, 0.3) is 0 Å². The topological polar surface area (TPSA) is 74.7 Å². The second kappa shape index (κ2) is 11.8. The second-order valence-electron chi connectivity index (χ2n) is 6.53. The molecule has 24 heavy (non-hydrogen) atoms. The molecule has 1 atom stereocenters. The SMILES string of the molecule is CCCCCC(=O)C=CC1CCC(=O)N1CCCCCCC(=O)O. The number of aliphatic carboxylic acids is 1. The van der Waals surface area contributed by atoms with Crippen LogP contribution in [0.15, 0.2) is 12.2 Å². The summed E-state index contributed by atoms with van der Waals surface area (Å²) in [6.45, 7) is 2.81. The Morgan fingerprint density at radius 3 is 2.54 bits per heavy atom. The van der Waals surface area contributed by atoms with Crippen molar-refractivity contribution in [3.05, 3.63) is 12.2 Å². The molecule has 0 aromatic carbocycles. The van der Waals surface area contributed by atoms with Crippen LogP contribution in [-0.4, -0.2) is 40.3 Å². The fourth-order valence-corrected chi connectivity index (χ4v) is 3.01. The summed E-state index contributed by atoms with van der Waals surface area (Å²) < 4.78 is 0. The summed E-state index contributed by atoms with van der Waals surface area (Å²) in [5.41, 5.74) is 0. The van der Waals surface area contributed by atoms with Gasteiger partial charge in [-0.15, -0.1) is 0 Å². The van der Waals surface area contributed by atoms with Crippen LogP contribution in [0, 0.1) is 0 Å². The van der Waals surface area contributed by atoms with Crippen LogP contribution < -0.4 is 0 Å². The van der Waals surface area contributed by atoms with Crippen molar-refractivity contribution in [3.63, 3.8) is 0 Å². The summed E-state index contributed by atoms with van der Waals surface area (Å²) >= 11 is 0. The highest BCUT2D eigenvalue weighted by atomic mass is 16.4. The lowest BCUT2D eigenvalue weighted by atomic mass is 10.1. The molecule has 0 saturated carbocycles. The average molecular weight is 337 g/mol. The first-order valence-electron chi connectivity index (χ1n) is 9.27. The van der Waals surface area contributed by atoms with E-state index in [0.29, 0.717) is 25.8 Å². The average Bonchev–Trinajstić information content (AvgIpc) is 2.89. The summed E-state index contributed by atoms with van der Waals surface area (Å²) in [5, 5.41) is 8.60. The lowest BCUT2D eigenvalue weighted by Gasteiger charge is -2.22. The number of amides is 1. The van der Waals surface area contributed by atoms with Crippen molar-refractivity contribution >= 4 is 17.7 Å². The molecule has 1 aliphatic heterocycles. The summed E-state index contributed by atoms with van der Waals surface area (Å²) in [5.74, 6) is -0.441. The molecule has 0 aromatic rings. The molecule has 136 valence electrons. The van der Waals surface area contributed by atoms with E-state index in [4.69, 9.17) is 5.11 Å². The number of carboxylic acid groups (broad SMARTS) is 1. The number of likely N-dealkylation sites (tertiary alicyclic amines) is 1. The minimum atomic E-state index is -0.751. The molecule has 0 spiro atoms. The first kappa shape index (κ1) is 20.4. The number of carbonyl (C=O) groups excluding carboxylic acids is 2. The van der Waals surface area contributed by atoms with Crippen molar-refractivity contribution in [1.82, 2.24) is 4.90 Å². The number of unbranched alkanes of at least 4 members (excludes halogenated alkanes) is 5. The van der Waals surface area contributed by atoms with Gasteiger partial charge in [0.1, 0.15) is 0 Å². The predicted octanol–water partition coefficient (Wildman–Crippen LogP) is 3.72. The number of carbonyl (C=O) groups is 3. The quantitative estimate of drug-likeness (QED) is 0.410. The molecule has 1 fully saturated rings. The summed E-state index contributed by atoms with van der Waals surface area (Å²) in [7, 11) is 0. The maximum atomic E-state index is 12.0. The van der Waals surface area contributed by atoms with Crippen LogP contribution in [0.2, 0.25) is 0 Å². The van der Waals surface area contributed by atoms with Gasteiger partial charge in [-0.05, 0) is 31.8 Å². The van der Waals surface area contributed by atoms with E-state index < -0.39 is 5.97 Å². The largest absolute Gasteiger partial charge is 0.481 e. The van der Waals surface area contributed by atoms with E-state index in [1.165, 1.54) is 0 Å². The number of hydrogen-bond acceptors (Lipinski definition) is 3. The Balaban J connectivity index is 2.29. The van der Waals surface area contributed by atoms with E-state index in [1.54, 1.807) is 6.08 Å². The molecule has 5 heteroatoms. The Bertz CT molecular complexity index is 445. The van der Waals surface area contributed by atoms with Crippen molar-refractivity contribution in [2.75, 3.05) is 6.54 Å². The maximum Gasteiger partial charge on any atom is 0.303 e. The Hall–Kier alpha value is -1.65. The van der Waals surface area contributed by atoms with Gasteiger partial charge in [-0.25, -0.2) is 0 Å². The van der Waals surface area contributed by atoms with Gasteiger partial charge >= 0.3 is 5.97 Å². The van der Waals surface area contributed by atoms with Gasteiger partial charge in [0.2, 0.25) is 5.91 Å². The van der Waals surface area contributed by atoms with Crippen molar-refractivity contribution in [2.45, 2.75) is 83.6 Å². The zero-order chi connectivity index (χ0) is 17.8. The number of allylic oxidation sites excluding steroid dienone is 1. The summed E-state index contributed by atoms with van der Waals surface area (Å²) in [6.07, 6.45) is 12.2. The molecule has 1 unspecified atom stereocenters. The predicted molar refractivity (Wildman–Crippen MR) is 93.7 cm³/mol. The Morgan fingerprint density at radius 2 is 1.83 bits per heavy atom. The Morgan fingerprint density at radius 1 is 1.12 bits per heavy atom. The summed E-state index contributed by atoms with van der Waals surface area (Å²) in [4.78, 5) is 36.1. The van der Waals surface area contributed by atoms with Crippen molar-refractivity contribution in [2.24, 2.45) is 0 Å². The van der Waals surface area contributed by atoms with Crippen LogP contribution in [0.1, 0.15) is 77.6 Å². The highest BCUT2D eigenvalue weighted by Crippen LogP contribution is 2.21. The third kappa shape index (κ3) is 8.27. The van der Waals surface area contributed by atoms with Crippen LogP contribution >= 0.6 is 0 Å². The number of carboxylic acids is 1. The van der Waals surface area contributed by atoms with E-state index in [0.717, 1.165) is 44.9 Å². The highest BCUT2D eigenvalue weighted by molar-refractivity contribution is 5.90. The van der Waals surface area contributed by atoms with Gasteiger partial charge in [0, 0.05) is 25.8 Å². The fourth-order valence-electron chi connectivity index (χ4n) is 3.01. The molecule has 0 radical (unpaired) electrons. The van der Waals surface area contributed by atoms with Gasteiger partial charge in [0.05, 0.1) is 6.04 Å². The maximum absolute atomic E-state index is 12.0. The molecule has 0 aliphatic carbocycles. The van der Waals surface area contributed by atoms with Crippen molar-refractivity contribution in [3.8, 4) is 0 Å². The van der Waals surface area contributed by atoms with Crippen molar-refractivity contribution in [1.29, 1.82) is 0 Å². The van der Waals surface area contributed by atoms with Crippen LogP contribution in [0.3, 0.4) is 0 Å². The van der Waals surface area contributed by atoms with Gasteiger partial charge in [-0.3, -0.25) is 14.4 Å². The Labute approximate surface area is 145 Å². The molecule has 0 aromatic heterocycles. The molecule has 1 heterocycles. The van der Waals surface area contributed by atoms with Gasteiger partial charge in [-0.2, -0.15) is 0 Å². The third-order valence-electron chi connectivity index (χ3n) is 4.45. The standard InChI is InChI=1S/C19H31NO4/c1-2-3-6-9-17(21)13-11-16-12-14-18(22)20(16)15-8-5-4-7-10-19(23)24/h11,13,16H,2-10,12,14-15H2,1H3,(H,23,24). The highest BCUT2D eigenvalue weighted by Gasteiger charge is 2.28. The molecule has 0 bridgehead atoms. The number of hydrogen-bond donors (Lipinski definition) is 1. The number of nitrogens with zero attached hydrogens (tertiary/aromatic N) is 1. The molecule has 5 nitrogen and oxygen atoms in total. The van der Waals surface area contributed by atoms with Crippen molar-refractivity contribution < 1.29 is 19.5 Å². The molecular formula is C19H31NO4. The normalized spacial score (nSPS) is 17.8. The molecular weight excluding hydrogens is 306 g/mol. The van der Waals surface area contributed by atoms with Gasteiger partial charge in [0.25, 0.3) is 0 Å². The third-order valence-corrected chi connectivity index (χ3v) is 4.45. The molecule has 1 saturated heterocycles. The Kier molecular flexibility index (Phi) is 10.0. The van der Waals surface area contributed by atoms with E-state index in [1.807, 2.05) is 11.0 Å². The molecule has 1 aliphatic rings. The lowest BCUT2D eigenvalue weighted by Crippen LogP contribution is -2.32. The summed E-state index contributed by atoms with van der Waals surface area (Å²) in [6, 6.07) is 0.0478. The van der Waals surface area contributed by atoms with Gasteiger partial charge in [0.15, 0.2) is 5.78 Å². The van der Waals surface area contributed by atoms with E-state index in [-0.39, 0.29) is 24.2 Å². The van der Waals surface area contributed by atoms with E-state index >= 15 is 0 Å². The van der Waals surface area contributed by atoms with Crippen LogP contribution in [-0.2, 0) is 14.4 Å². The van der Waals surface area contributed by atoms with Crippen LogP contribution in [0.4, 0.5) is 0 Å². The molecule has 1 N–H and O–H groups in total. The molecule has 1 rings (SSSR count). The van der Waals surface area contributed by atoms with E-state index in [2.05, 4.69) is 6.92 Å².